The maximum absolute atomic E-state index is 13.2. The zero-order chi connectivity index (χ0) is 15.6. The van der Waals surface area contributed by atoms with Crippen molar-refractivity contribution in [1.82, 2.24) is 0 Å². The second-order valence-corrected chi connectivity index (χ2v) is 4.12. The average Bonchev–Trinajstić information content (AvgIpc) is 2.41. The van der Waals surface area contributed by atoms with E-state index in [0.717, 1.165) is 0 Å². The number of amides is 1. The normalized spacial score (nSPS) is 10.2. The van der Waals surface area contributed by atoms with Crippen LogP contribution in [0.1, 0.15) is 20.7 Å². The molecule has 0 fully saturated rings. The van der Waals surface area contributed by atoms with Crippen molar-refractivity contribution in [3.63, 3.8) is 0 Å². The first-order valence-electron chi connectivity index (χ1n) is 5.71. The van der Waals surface area contributed by atoms with Crippen molar-refractivity contribution in [2.24, 2.45) is 0 Å². The largest absolute Gasteiger partial charge is 0.508 e. The molecule has 0 aromatic heterocycles. The summed E-state index contributed by atoms with van der Waals surface area (Å²) in [6, 6.07) is 6.44. The van der Waals surface area contributed by atoms with E-state index >= 15 is 0 Å². The minimum absolute atomic E-state index is 0.114. The Morgan fingerprint density at radius 3 is 2.19 bits per heavy atom. The van der Waals surface area contributed by atoms with Crippen molar-refractivity contribution in [2.75, 3.05) is 5.32 Å². The van der Waals surface area contributed by atoms with Crippen molar-refractivity contribution in [3.8, 4) is 5.75 Å². The van der Waals surface area contributed by atoms with Crippen LogP contribution < -0.4 is 5.32 Å². The van der Waals surface area contributed by atoms with Crippen LogP contribution in [0.5, 0.6) is 5.75 Å². The summed E-state index contributed by atoms with van der Waals surface area (Å²) in [5.74, 6) is -5.30. The number of aromatic carboxylic acids is 1. The Labute approximate surface area is 117 Å². The third-order valence-corrected chi connectivity index (χ3v) is 2.64. The number of rotatable bonds is 3. The molecule has 0 saturated heterocycles. The predicted molar refractivity (Wildman–Crippen MR) is 69.4 cm³/mol. The summed E-state index contributed by atoms with van der Waals surface area (Å²) in [6.07, 6.45) is 0. The molecule has 0 radical (unpaired) electrons. The van der Waals surface area contributed by atoms with Gasteiger partial charge in [-0.05, 0) is 24.3 Å². The number of nitrogens with one attached hydrogen (secondary N) is 1. The fourth-order valence-corrected chi connectivity index (χ4v) is 1.69. The molecule has 0 spiro atoms. The summed E-state index contributed by atoms with van der Waals surface area (Å²) < 4.78 is 26.3. The van der Waals surface area contributed by atoms with Crippen LogP contribution in [0.4, 0.5) is 14.5 Å². The molecular weight excluding hydrogens is 284 g/mol. The number of carbonyl (C=O) groups excluding carboxylic acids is 1. The fraction of sp³-hybridized carbons (Fsp3) is 0. The first-order valence-corrected chi connectivity index (χ1v) is 5.71. The molecule has 0 heterocycles. The van der Waals surface area contributed by atoms with Crippen LogP contribution in [0, 0.1) is 11.6 Å². The van der Waals surface area contributed by atoms with Gasteiger partial charge in [0.2, 0.25) is 0 Å². The van der Waals surface area contributed by atoms with E-state index in [1.54, 1.807) is 0 Å². The fourth-order valence-electron chi connectivity index (χ4n) is 1.69. The topological polar surface area (TPSA) is 86.6 Å². The number of halogens is 2. The summed E-state index contributed by atoms with van der Waals surface area (Å²) >= 11 is 0. The number of phenols is 1. The molecule has 2 rings (SSSR count). The highest BCUT2D eigenvalue weighted by Crippen LogP contribution is 2.19. The van der Waals surface area contributed by atoms with Crippen molar-refractivity contribution in [2.45, 2.75) is 0 Å². The Kier molecular flexibility index (Phi) is 3.84. The van der Waals surface area contributed by atoms with Crippen LogP contribution in [-0.4, -0.2) is 22.1 Å². The number of hydrogen-bond donors (Lipinski definition) is 3. The molecule has 5 nitrogen and oxygen atoms in total. The maximum atomic E-state index is 13.2. The number of carboxylic acid groups (broad SMARTS) is 1. The number of aromatic hydroxyl groups is 1. The van der Waals surface area contributed by atoms with Crippen molar-refractivity contribution in [1.29, 1.82) is 0 Å². The number of hydrogen-bond acceptors (Lipinski definition) is 3. The van der Waals surface area contributed by atoms with E-state index < -0.39 is 34.6 Å². The Balaban J connectivity index is 2.39. The SMILES string of the molecule is O=C(O)c1cc(F)c(F)cc1C(=O)Nc1cccc(O)c1. The Bertz CT molecular complexity index is 731. The van der Waals surface area contributed by atoms with Crippen LogP contribution in [0.3, 0.4) is 0 Å². The highest BCUT2D eigenvalue weighted by Gasteiger charge is 2.20. The van der Waals surface area contributed by atoms with E-state index in [2.05, 4.69) is 5.32 Å². The summed E-state index contributed by atoms with van der Waals surface area (Å²) in [6.45, 7) is 0. The molecule has 2 aromatic rings. The van der Waals surface area contributed by atoms with Crippen LogP contribution in [0.15, 0.2) is 36.4 Å². The lowest BCUT2D eigenvalue weighted by Gasteiger charge is -2.09. The lowest BCUT2D eigenvalue weighted by Crippen LogP contribution is -2.17. The average molecular weight is 293 g/mol. The van der Waals surface area contributed by atoms with E-state index in [-0.39, 0.29) is 11.4 Å². The molecule has 0 atom stereocenters. The van der Waals surface area contributed by atoms with Gasteiger partial charge >= 0.3 is 5.97 Å². The molecule has 108 valence electrons. The number of benzene rings is 2. The van der Waals surface area contributed by atoms with E-state index in [1.807, 2.05) is 0 Å². The molecule has 1 amide bonds. The minimum atomic E-state index is -1.56. The van der Waals surface area contributed by atoms with E-state index in [0.29, 0.717) is 12.1 Å². The highest BCUT2D eigenvalue weighted by atomic mass is 19.2. The molecule has 0 aliphatic carbocycles. The van der Waals surface area contributed by atoms with E-state index in [4.69, 9.17) is 5.11 Å². The van der Waals surface area contributed by atoms with Gasteiger partial charge in [0.25, 0.3) is 5.91 Å². The van der Waals surface area contributed by atoms with Crippen molar-refractivity contribution in [3.05, 3.63) is 59.2 Å². The zero-order valence-electron chi connectivity index (χ0n) is 10.4. The van der Waals surface area contributed by atoms with Crippen LogP contribution in [0.25, 0.3) is 0 Å². The van der Waals surface area contributed by atoms with Gasteiger partial charge in [-0.3, -0.25) is 4.79 Å². The molecule has 7 heteroatoms. The van der Waals surface area contributed by atoms with Crippen molar-refractivity contribution < 1.29 is 28.6 Å². The minimum Gasteiger partial charge on any atom is -0.508 e. The van der Waals surface area contributed by atoms with Crippen LogP contribution in [0.2, 0.25) is 0 Å². The van der Waals surface area contributed by atoms with E-state index in [1.165, 1.54) is 24.3 Å². The van der Waals surface area contributed by atoms with Gasteiger partial charge < -0.3 is 15.5 Å². The molecule has 0 saturated carbocycles. The first kappa shape index (κ1) is 14.4. The third kappa shape index (κ3) is 3.14. The summed E-state index contributed by atoms with van der Waals surface area (Å²) in [5, 5.41) is 20.5. The monoisotopic (exact) mass is 293 g/mol. The van der Waals surface area contributed by atoms with Gasteiger partial charge in [0.1, 0.15) is 5.75 Å². The van der Waals surface area contributed by atoms with Gasteiger partial charge in [0.15, 0.2) is 11.6 Å². The number of anilines is 1. The molecule has 21 heavy (non-hydrogen) atoms. The lowest BCUT2D eigenvalue weighted by molar-refractivity contribution is 0.0691. The van der Waals surface area contributed by atoms with Gasteiger partial charge in [-0.1, -0.05) is 6.07 Å². The second-order valence-electron chi connectivity index (χ2n) is 4.12. The smallest absolute Gasteiger partial charge is 0.336 e. The predicted octanol–water partition coefficient (Wildman–Crippen LogP) is 2.62. The maximum Gasteiger partial charge on any atom is 0.336 e. The molecule has 0 aliphatic rings. The summed E-state index contributed by atoms with van der Waals surface area (Å²) in [7, 11) is 0. The van der Waals surface area contributed by atoms with Gasteiger partial charge in [-0.15, -0.1) is 0 Å². The molecule has 3 N–H and O–H groups in total. The number of carboxylic acids is 1. The van der Waals surface area contributed by atoms with Crippen molar-refractivity contribution >= 4 is 17.6 Å². The van der Waals surface area contributed by atoms with Crippen LogP contribution >= 0.6 is 0 Å². The van der Waals surface area contributed by atoms with Gasteiger partial charge in [0.05, 0.1) is 11.1 Å². The quantitative estimate of drug-likeness (QED) is 0.812. The molecule has 0 aliphatic heterocycles. The molecule has 0 unspecified atom stereocenters. The second kappa shape index (κ2) is 5.58. The summed E-state index contributed by atoms with van der Waals surface area (Å²) in [5.41, 5.74) is -1.00. The molecule has 2 aromatic carbocycles. The summed E-state index contributed by atoms with van der Waals surface area (Å²) in [4.78, 5) is 23.0. The number of phenolic OH excluding ortho intramolecular Hbond substituents is 1. The Hall–Kier alpha value is -2.96. The van der Waals surface area contributed by atoms with Gasteiger partial charge in [0, 0.05) is 11.8 Å². The molecule has 0 bridgehead atoms. The van der Waals surface area contributed by atoms with E-state index in [9.17, 15) is 23.5 Å². The van der Waals surface area contributed by atoms with Gasteiger partial charge in [-0.25, -0.2) is 13.6 Å². The first-order chi connectivity index (χ1) is 9.88. The Morgan fingerprint density at radius 2 is 1.62 bits per heavy atom. The number of carbonyl (C=O) groups is 2. The zero-order valence-corrected chi connectivity index (χ0v) is 10.4. The Morgan fingerprint density at radius 1 is 1.00 bits per heavy atom. The molecular formula is C14H9F2NO4. The standard InChI is InChI=1S/C14H9F2NO4/c15-11-5-9(10(14(20)21)6-12(11)16)13(19)17-7-2-1-3-8(18)4-7/h1-6,18H,(H,17,19)(H,20,21). The third-order valence-electron chi connectivity index (χ3n) is 2.64. The van der Waals surface area contributed by atoms with Crippen LogP contribution in [-0.2, 0) is 0 Å². The van der Waals surface area contributed by atoms with Gasteiger partial charge in [-0.2, -0.15) is 0 Å². The highest BCUT2D eigenvalue weighted by molar-refractivity contribution is 6.10. The lowest BCUT2D eigenvalue weighted by atomic mass is 10.1.